The molecule has 2 aliphatic heterocycles. The zero-order chi connectivity index (χ0) is 21.2. The molecular formula is C23H30N6O2. The van der Waals surface area contributed by atoms with Crippen LogP contribution in [0.3, 0.4) is 0 Å². The highest BCUT2D eigenvalue weighted by atomic mass is 16.2. The second-order valence-corrected chi connectivity index (χ2v) is 8.72. The minimum Gasteiger partial charge on any atom is -0.324 e. The molecule has 1 N–H and O–H groups in total. The highest BCUT2D eigenvalue weighted by Crippen LogP contribution is 2.27. The average molecular weight is 423 g/mol. The number of carbonyl (C=O) groups excluding carboxylic acids is 1. The number of aromatic nitrogens is 3. The van der Waals surface area contributed by atoms with Crippen LogP contribution in [0.15, 0.2) is 35.4 Å². The summed E-state index contributed by atoms with van der Waals surface area (Å²) in [6.45, 7) is 5.62. The quantitative estimate of drug-likeness (QED) is 0.822. The minimum absolute atomic E-state index is 0.00774. The molecule has 2 saturated heterocycles. The van der Waals surface area contributed by atoms with Crippen molar-refractivity contribution in [2.45, 2.75) is 38.3 Å². The van der Waals surface area contributed by atoms with Gasteiger partial charge in [-0.05, 0) is 49.5 Å². The number of H-pyrrole nitrogens is 1. The maximum atomic E-state index is 13.1. The Bertz CT molecular complexity index is 995. The van der Waals surface area contributed by atoms with Crippen molar-refractivity contribution in [1.82, 2.24) is 29.2 Å². The van der Waals surface area contributed by atoms with Crippen LogP contribution in [0.25, 0.3) is 6.08 Å². The number of aromatic amines is 1. The molecule has 0 aromatic carbocycles. The van der Waals surface area contributed by atoms with E-state index in [4.69, 9.17) is 0 Å². The number of nitrogens with one attached hydrogen (secondary N) is 1. The Morgan fingerprint density at radius 3 is 2.48 bits per heavy atom. The van der Waals surface area contributed by atoms with Crippen molar-refractivity contribution in [3.8, 4) is 0 Å². The second kappa shape index (κ2) is 8.70. The van der Waals surface area contributed by atoms with Crippen LogP contribution in [0.2, 0.25) is 0 Å². The molecule has 0 radical (unpaired) electrons. The number of rotatable bonds is 3. The highest BCUT2D eigenvalue weighted by molar-refractivity contribution is 5.74. The smallest absolute Gasteiger partial charge is 0.324 e. The van der Waals surface area contributed by atoms with E-state index in [0.717, 1.165) is 69.8 Å². The average Bonchev–Trinajstić information content (AvgIpc) is 3.15. The molecule has 5 rings (SSSR count). The summed E-state index contributed by atoms with van der Waals surface area (Å²) in [5, 5.41) is 0. The number of piperidine rings is 1. The lowest BCUT2D eigenvalue weighted by molar-refractivity contribution is 0.0991. The Kier molecular flexibility index (Phi) is 5.63. The number of carbonyl (C=O) groups is 1. The summed E-state index contributed by atoms with van der Waals surface area (Å²) in [6, 6.07) is 4.40. The number of hydrogen-bond acceptors (Lipinski definition) is 4. The number of hydrogen-bond donors (Lipinski definition) is 1. The van der Waals surface area contributed by atoms with Gasteiger partial charge in [-0.3, -0.25) is 14.5 Å². The van der Waals surface area contributed by atoms with Gasteiger partial charge in [-0.1, -0.05) is 6.08 Å². The number of likely N-dealkylation sites (tertiary alicyclic amines) is 1. The third kappa shape index (κ3) is 4.17. The summed E-state index contributed by atoms with van der Waals surface area (Å²) in [5.41, 5.74) is 3.34. The predicted molar refractivity (Wildman–Crippen MR) is 119 cm³/mol. The van der Waals surface area contributed by atoms with Gasteiger partial charge in [0.1, 0.15) is 0 Å². The molecule has 8 nitrogen and oxygen atoms in total. The summed E-state index contributed by atoms with van der Waals surface area (Å²) in [6.07, 6.45) is 11.4. The molecule has 0 unspecified atom stereocenters. The van der Waals surface area contributed by atoms with E-state index in [2.05, 4.69) is 27.0 Å². The van der Waals surface area contributed by atoms with Crippen LogP contribution in [0.1, 0.15) is 42.3 Å². The first-order chi connectivity index (χ1) is 15.2. The standard InChI is InChI=1S/C23H30N6O2/c30-22-25-20-3-1-2-4-21(20)29(22)19-7-11-27(12-8-19)23(31)28-15-13-26(14-16-28)17-18-5-9-24-10-6-18/h2,4-6,9-10,19H,1,3,7-8,11-17H2,(H,25,30). The number of piperazine rings is 1. The van der Waals surface area contributed by atoms with Crippen molar-refractivity contribution in [2.75, 3.05) is 39.3 Å². The normalized spacial score (nSPS) is 20.1. The molecular weight excluding hydrogens is 392 g/mol. The molecule has 2 aromatic rings. The van der Waals surface area contributed by atoms with E-state index in [0.29, 0.717) is 13.1 Å². The third-order valence-electron chi connectivity index (χ3n) is 6.78. The zero-order valence-corrected chi connectivity index (χ0v) is 17.9. The molecule has 0 spiro atoms. The van der Waals surface area contributed by atoms with Gasteiger partial charge in [0.05, 0.1) is 5.69 Å². The Hall–Kier alpha value is -2.87. The lowest BCUT2D eigenvalue weighted by Crippen LogP contribution is -2.54. The van der Waals surface area contributed by atoms with E-state index in [1.165, 1.54) is 5.56 Å². The number of fused-ring (bicyclic) bond motifs is 1. The molecule has 2 aromatic heterocycles. The topological polar surface area (TPSA) is 77.5 Å². The van der Waals surface area contributed by atoms with Crippen LogP contribution in [0.5, 0.6) is 0 Å². The summed E-state index contributed by atoms with van der Waals surface area (Å²) >= 11 is 0. The largest absolute Gasteiger partial charge is 0.326 e. The molecule has 0 atom stereocenters. The van der Waals surface area contributed by atoms with E-state index in [-0.39, 0.29) is 17.8 Å². The fourth-order valence-corrected chi connectivity index (χ4v) is 5.02. The molecule has 0 bridgehead atoms. The first-order valence-corrected chi connectivity index (χ1v) is 11.3. The molecule has 2 amide bonds. The maximum absolute atomic E-state index is 13.1. The van der Waals surface area contributed by atoms with E-state index in [1.54, 1.807) is 0 Å². The van der Waals surface area contributed by atoms with Crippen molar-refractivity contribution in [3.63, 3.8) is 0 Å². The number of pyridine rings is 1. The number of allylic oxidation sites excluding steroid dienone is 1. The monoisotopic (exact) mass is 422 g/mol. The van der Waals surface area contributed by atoms with Crippen molar-refractivity contribution in [3.05, 3.63) is 58.0 Å². The van der Waals surface area contributed by atoms with Crippen molar-refractivity contribution >= 4 is 12.1 Å². The third-order valence-corrected chi connectivity index (χ3v) is 6.78. The molecule has 3 aliphatic rings. The summed E-state index contributed by atoms with van der Waals surface area (Å²) < 4.78 is 1.92. The number of nitrogens with zero attached hydrogens (tertiary/aromatic N) is 5. The van der Waals surface area contributed by atoms with Gasteiger partial charge >= 0.3 is 11.7 Å². The molecule has 8 heteroatoms. The molecule has 1 aliphatic carbocycles. The van der Waals surface area contributed by atoms with E-state index >= 15 is 0 Å². The Labute approximate surface area is 182 Å². The maximum Gasteiger partial charge on any atom is 0.326 e. The van der Waals surface area contributed by atoms with E-state index in [9.17, 15) is 9.59 Å². The van der Waals surface area contributed by atoms with Gasteiger partial charge in [0, 0.05) is 69.9 Å². The van der Waals surface area contributed by atoms with Gasteiger partial charge in [-0.25, -0.2) is 9.59 Å². The highest BCUT2D eigenvalue weighted by Gasteiger charge is 2.30. The summed E-state index contributed by atoms with van der Waals surface area (Å²) in [7, 11) is 0. The Morgan fingerprint density at radius 1 is 1.03 bits per heavy atom. The van der Waals surface area contributed by atoms with E-state index in [1.807, 2.05) is 38.9 Å². The van der Waals surface area contributed by atoms with Crippen molar-refractivity contribution < 1.29 is 4.79 Å². The first-order valence-electron chi connectivity index (χ1n) is 11.3. The molecule has 4 heterocycles. The van der Waals surface area contributed by atoms with Crippen LogP contribution in [0, 0.1) is 0 Å². The van der Waals surface area contributed by atoms with Gasteiger partial charge in [0.15, 0.2) is 0 Å². The van der Waals surface area contributed by atoms with Crippen LogP contribution in [-0.4, -0.2) is 74.5 Å². The fourth-order valence-electron chi connectivity index (χ4n) is 5.02. The van der Waals surface area contributed by atoms with Crippen LogP contribution < -0.4 is 5.69 Å². The number of amides is 2. The van der Waals surface area contributed by atoms with Gasteiger partial charge in [0.25, 0.3) is 0 Å². The second-order valence-electron chi connectivity index (χ2n) is 8.72. The first kappa shape index (κ1) is 20.1. The lowest BCUT2D eigenvalue weighted by atomic mass is 10.0. The van der Waals surface area contributed by atoms with Gasteiger partial charge in [-0.15, -0.1) is 0 Å². The van der Waals surface area contributed by atoms with E-state index < -0.39 is 0 Å². The predicted octanol–water partition coefficient (Wildman–Crippen LogP) is 2.11. The van der Waals surface area contributed by atoms with Crippen LogP contribution >= 0.6 is 0 Å². The zero-order valence-electron chi connectivity index (χ0n) is 17.9. The number of imidazole rings is 1. The van der Waals surface area contributed by atoms with Gasteiger partial charge in [-0.2, -0.15) is 0 Å². The minimum atomic E-state index is -0.00774. The van der Waals surface area contributed by atoms with Gasteiger partial charge in [0.2, 0.25) is 0 Å². The van der Waals surface area contributed by atoms with Crippen molar-refractivity contribution in [1.29, 1.82) is 0 Å². The Balaban J connectivity index is 1.14. The van der Waals surface area contributed by atoms with Crippen molar-refractivity contribution in [2.24, 2.45) is 0 Å². The SMILES string of the molecule is O=C(N1CCC(n2c3c([nH]c2=O)CCC=C3)CC1)N1CCN(Cc2ccncc2)CC1. The number of urea groups is 1. The lowest BCUT2D eigenvalue weighted by Gasteiger charge is -2.40. The fraction of sp³-hybridized carbons (Fsp3) is 0.522. The van der Waals surface area contributed by atoms with Crippen LogP contribution in [-0.2, 0) is 13.0 Å². The van der Waals surface area contributed by atoms with Gasteiger partial charge < -0.3 is 14.8 Å². The summed E-state index contributed by atoms with van der Waals surface area (Å²) in [5.74, 6) is 0. The summed E-state index contributed by atoms with van der Waals surface area (Å²) in [4.78, 5) is 39.0. The molecule has 31 heavy (non-hydrogen) atoms. The molecule has 0 saturated carbocycles. The molecule has 2 fully saturated rings. The number of aryl methyl sites for hydroxylation is 1. The van der Waals surface area contributed by atoms with Crippen LogP contribution in [0.4, 0.5) is 4.79 Å². The molecule has 164 valence electrons. The Morgan fingerprint density at radius 2 is 1.74 bits per heavy atom.